The zero-order valence-electron chi connectivity index (χ0n) is 13.6. The van der Waals surface area contributed by atoms with Gasteiger partial charge in [0.2, 0.25) is 15.9 Å². The highest BCUT2D eigenvalue weighted by Crippen LogP contribution is 2.21. The van der Waals surface area contributed by atoms with E-state index in [9.17, 15) is 22.0 Å². The molecule has 0 atom stereocenters. The third-order valence-corrected chi connectivity index (χ3v) is 4.68. The van der Waals surface area contributed by atoms with Crippen LogP contribution < -0.4 is 9.62 Å². The van der Waals surface area contributed by atoms with E-state index in [1.54, 1.807) is 12.1 Å². The minimum absolute atomic E-state index is 0.00984. The van der Waals surface area contributed by atoms with Crippen LogP contribution in [0.2, 0.25) is 0 Å². The monoisotopic (exact) mass is 368 g/mol. The maximum Gasteiger partial charge on any atom is 0.232 e. The van der Waals surface area contributed by atoms with Crippen molar-refractivity contribution in [3.63, 3.8) is 0 Å². The summed E-state index contributed by atoms with van der Waals surface area (Å²) >= 11 is 0. The van der Waals surface area contributed by atoms with Crippen LogP contribution in [0.1, 0.15) is 12.0 Å². The second-order valence-corrected chi connectivity index (χ2v) is 7.31. The number of nitrogens with one attached hydrogen (secondary N) is 1. The number of hydrogen-bond donors (Lipinski definition) is 1. The van der Waals surface area contributed by atoms with Gasteiger partial charge in [-0.05, 0) is 18.2 Å². The van der Waals surface area contributed by atoms with Crippen molar-refractivity contribution in [2.75, 3.05) is 17.1 Å². The summed E-state index contributed by atoms with van der Waals surface area (Å²) in [4.78, 5) is 11.9. The lowest BCUT2D eigenvalue weighted by Gasteiger charge is -2.22. The summed E-state index contributed by atoms with van der Waals surface area (Å²) < 4.78 is 52.0. The molecule has 2 aromatic rings. The lowest BCUT2D eigenvalue weighted by atomic mass is 10.2. The zero-order valence-corrected chi connectivity index (χ0v) is 14.4. The van der Waals surface area contributed by atoms with Crippen LogP contribution in [-0.4, -0.2) is 27.1 Å². The van der Waals surface area contributed by atoms with Gasteiger partial charge >= 0.3 is 0 Å². The Morgan fingerprint density at radius 1 is 1.04 bits per heavy atom. The third kappa shape index (κ3) is 5.25. The molecule has 134 valence electrons. The highest BCUT2D eigenvalue weighted by atomic mass is 32.2. The lowest BCUT2D eigenvalue weighted by molar-refractivity contribution is -0.121. The molecule has 8 heteroatoms. The number of para-hydroxylation sites is 1. The van der Waals surface area contributed by atoms with Gasteiger partial charge in [0.25, 0.3) is 0 Å². The van der Waals surface area contributed by atoms with Gasteiger partial charge in [-0.25, -0.2) is 17.2 Å². The Morgan fingerprint density at radius 3 is 2.24 bits per heavy atom. The number of nitrogens with zero attached hydrogens (tertiary/aromatic N) is 1. The van der Waals surface area contributed by atoms with Crippen molar-refractivity contribution < 1.29 is 22.0 Å². The van der Waals surface area contributed by atoms with Gasteiger partial charge < -0.3 is 5.32 Å². The molecule has 0 aliphatic carbocycles. The first-order valence-electron chi connectivity index (χ1n) is 7.51. The summed E-state index contributed by atoms with van der Waals surface area (Å²) in [7, 11) is -3.76. The van der Waals surface area contributed by atoms with Crippen LogP contribution in [0.3, 0.4) is 0 Å². The Morgan fingerprint density at radius 2 is 1.64 bits per heavy atom. The Balaban J connectivity index is 2.00. The Labute approximate surface area is 145 Å². The van der Waals surface area contributed by atoms with Crippen molar-refractivity contribution in [2.24, 2.45) is 0 Å². The fourth-order valence-electron chi connectivity index (χ4n) is 2.25. The molecule has 0 bridgehead atoms. The molecular weight excluding hydrogens is 350 g/mol. The maximum atomic E-state index is 13.9. The summed E-state index contributed by atoms with van der Waals surface area (Å²) in [6.07, 6.45) is 0.756. The number of hydrogen-bond acceptors (Lipinski definition) is 3. The molecule has 1 amide bonds. The van der Waals surface area contributed by atoms with E-state index >= 15 is 0 Å². The van der Waals surface area contributed by atoms with E-state index in [1.807, 2.05) is 0 Å². The van der Waals surface area contributed by atoms with Gasteiger partial charge in [-0.3, -0.25) is 9.10 Å². The minimum Gasteiger partial charge on any atom is -0.352 e. The number of amides is 1. The number of carbonyl (C=O) groups excluding carboxylic acids is 1. The second-order valence-electron chi connectivity index (χ2n) is 5.40. The summed E-state index contributed by atoms with van der Waals surface area (Å²) in [6.45, 7) is -0.229. The van der Waals surface area contributed by atoms with Crippen molar-refractivity contribution in [1.29, 1.82) is 0 Å². The minimum atomic E-state index is -3.76. The predicted molar refractivity (Wildman–Crippen MR) is 91.5 cm³/mol. The Kier molecular flexibility index (Phi) is 6.08. The van der Waals surface area contributed by atoms with Crippen LogP contribution in [0.15, 0.2) is 48.5 Å². The van der Waals surface area contributed by atoms with Crippen LogP contribution >= 0.6 is 0 Å². The second kappa shape index (κ2) is 8.06. The normalized spacial score (nSPS) is 11.2. The van der Waals surface area contributed by atoms with E-state index in [4.69, 9.17) is 0 Å². The smallest absolute Gasteiger partial charge is 0.232 e. The fraction of sp³-hybridized carbons (Fsp3) is 0.235. The third-order valence-electron chi connectivity index (χ3n) is 3.50. The van der Waals surface area contributed by atoms with Crippen molar-refractivity contribution in [1.82, 2.24) is 5.32 Å². The first-order valence-corrected chi connectivity index (χ1v) is 9.36. The Hall–Kier alpha value is -2.48. The molecule has 5 nitrogen and oxygen atoms in total. The maximum absolute atomic E-state index is 13.9. The first-order chi connectivity index (χ1) is 11.8. The topological polar surface area (TPSA) is 66.5 Å². The van der Waals surface area contributed by atoms with E-state index < -0.39 is 27.6 Å². The van der Waals surface area contributed by atoms with Crippen LogP contribution in [0, 0.1) is 11.6 Å². The highest BCUT2D eigenvalue weighted by Gasteiger charge is 2.21. The molecule has 0 radical (unpaired) electrons. The molecule has 0 heterocycles. The molecule has 0 aliphatic heterocycles. The van der Waals surface area contributed by atoms with Crippen molar-refractivity contribution in [2.45, 2.75) is 13.0 Å². The average molecular weight is 368 g/mol. The van der Waals surface area contributed by atoms with Gasteiger partial charge in [-0.2, -0.15) is 0 Å². The predicted octanol–water partition coefficient (Wildman–Crippen LogP) is 2.44. The average Bonchev–Trinajstić information content (AvgIpc) is 2.54. The quantitative estimate of drug-likeness (QED) is 0.816. The molecule has 0 unspecified atom stereocenters. The number of carbonyl (C=O) groups is 1. The van der Waals surface area contributed by atoms with Crippen molar-refractivity contribution in [3.8, 4) is 0 Å². The number of halogens is 2. The van der Waals surface area contributed by atoms with Gasteiger partial charge in [-0.15, -0.1) is 0 Å². The van der Waals surface area contributed by atoms with Gasteiger partial charge in [0, 0.05) is 25.1 Å². The van der Waals surface area contributed by atoms with E-state index in [0.29, 0.717) is 5.56 Å². The zero-order chi connectivity index (χ0) is 18.4. The number of sulfonamides is 1. The highest BCUT2D eigenvalue weighted by molar-refractivity contribution is 7.92. The molecule has 0 saturated carbocycles. The van der Waals surface area contributed by atoms with Gasteiger partial charge in [0.05, 0.1) is 11.9 Å². The molecule has 0 fully saturated rings. The number of anilines is 1. The number of benzene rings is 2. The summed E-state index contributed by atoms with van der Waals surface area (Å²) in [5, 5.41) is 2.52. The molecule has 0 aromatic heterocycles. The fourth-order valence-corrected chi connectivity index (χ4v) is 3.17. The largest absolute Gasteiger partial charge is 0.352 e. The molecule has 2 rings (SSSR count). The number of rotatable bonds is 7. The molecule has 0 saturated heterocycles. The lowest BCUT2D eigenvalue weighted by Crippen LogP contribution is -2.35. The van der Waals surface area contributed by atoms with Gasteiger partial charge in [0.1, 0.15) is 11.6 Å². The molecule has 0 spiro atoms. The summed E-state index contributed by atoms with van der Waals surface area (Å²) in [6, 6.07) is 11.4. The van der Waals surface area contributed by atoms with E-state index in [1.165, 1.54) is 30.3 Å². The van der Waals surface area contributed by atoms with E-state index in [2.05, 4.69) is 5.32 Å². The first kappa shape index (κ1) is 18.9. The van der Waals surface area contributed by atoms with E-state index in [-0.39, 0.29) is 25.2 Å². The van der Waals surface area contributed by atoms with Crippen molar-refractivity contribution >= 4 is 21.6 Å². The molecule has 2 aromatic carbocycles. The van der Waals surface area contributed by atoms with Gasteiger partial charge in [0.15, 0.2) is 0 Å². The summed E-state index contributed by atoms with van der Waals surface area (Å²) in [5.41, 5.74) is 0.205. The Bertz CT molecular complexity index is 856. The van der Waals surface area contributed by atoms with Crippen LogP contribution in [0.25, 0.3) is 0 Å². The van der Waals surface area contributed by atoms with Crippen LogP contribution in [0.4, 0.5) is 14.5 Å². The van der Waals surface area contributed by atoms with Crippen molar-refractivity contribution in [3.05, 3.63) is 65.7 Å². The summed E-state index contributed by atoms with van der Waals surface area (Å²) in [5.74, 6) is -1.60. The van der Waals surface area contributed by atoms with Crippen LogP contribution in [0.5, 0.6) is 0 Å². The molecule has 0 aliphatic rings. The standard InChI is InChI=1S/C17H18F2N2O3S/c1-25(23,24)21(16-9-5-4-8-15(16)19)11-10-17(22)20-12-13-6-2-3-7-14(13)18/h2-9H,10-12H2,1H3,(H,20,22). The molecular formula is C17H18F2N2O3S. The molecule has 1 N–H and O–H groups in total. The van der Waals surface area contributed by atoms with Gasteiger partial charge in [-0.1, -0.05) is 30.3 Å². The van der Waals surface area contributed by atoms with E-state index in [0.717, 1.165) is 16.6 Å². The SMILES string of the molecule is CS(=O)(=O)N(CCC(=O)NCc1ccccc1F)c1ccccc1F. The van der Waals surface area contributed by atoms with Crippen LogP contribution in [-0.2, 0) is 21.4 Å². The molecule has 25 heavy (non-hydrogen) atoms.